The Hall–Kier alpha value is -0.160. The van der Waals surface area contributed by atoms with Gasteiger partial charge in [-0.1, -0.05) is 0 Å². The first-order valence-electron chi connectivity index (χ1n) is 2.89. The average Bonchev–Trinajstić information content (AvgIpc) is 2.16. The molecule has 4 nitrogen and oxygen atoms in total. The standard InChI is InChI=1S/C5H11NO3/c6-9-4-5(7)1-2-8-3-5/h7H,1-4,6H2. The van der Waals surface area contributed by atoms with E-state index in [4.69, 9.17) is 10.6 Å². The number of nitrogens with two attached hydrogens (primary N) is 1. The van der Waals surface area contributed by atoms with E-state index in [9.17, 15) is 5.11 Å². The SMILES string of the molecule is NOCC1(O)CCOC1. The Morgan fingerprint density at radius 1 is 1.78 bits per heavy atom. The summed E-state index contributed by atoms with van der Waals surface area (Å²) in [5, 5.41) is 9.36. The molecule has 0 radical (unpaired) electrons. The van der Waals surface area contributed by atoms with Crippen molar-refractivity contribution in [3.05, 3.63) is 0 Å². The second-order valence-electron chi connectivity index (χ2n) is 2.34. The first kappa shape index (κ1) is 6.95. The molecular formula is C5H11NO3. The fourth-order valence-corrected chi connectivity index (χ4v) is 0.865. The van der Waals surface area contributed by atoms with Crippen LogP contribution in [0.5, 0.6) is 0 Å². The number of aliphatic hydroxyl groups is 1. The maximum Gasteiger partial charge on any atom is 0.115 e. The van der Waals surface area contributed by atoms with E-state index >= 15 is 0 Å². The summed E-state index contributed by atoms with van der Waals surface area (Å²) in [6, 6.07) is 0. The van der Waals surface area contributed by atoms with E-state index in [0.29, 0.717) is 19.6 Å². The minimum absolute atomic E-state index is 0.160. The van der Waals surface area contributed by atoms with Crippen molar-refractivity contribution in [3.63, 3.8) is 0 Å². The molecule has 1 fully saturated rings. The Bertz CT molecular complexity index is 90.2. The highest BCUT2D eigenvalue weighted by Crippen LogP contribution is 2.17. The first-order chi connectivity index (χ1) is 4.27. The van der Waals surface area contributed by atoms with Crippen molar-refractivity contribution in [1.82, 2.24) is 0 Å². The van der Waals surface area contributed by atoms with Gasteiger partial charge in [0, 0.05) is 13.0 Å². The molecule has 3 N–H and O–H groups in total. The molecule has 9 heavy (non-hydrogen) atoms. The molecule has 1 unspecified atom stereocenters. The van der Waals surface area contributed by atoms with Gasteiger partial charge in [-0.2, -0.15) is 0 Å². The molecular weight excluding hydrogens is 122 g/mol. The lowest BCUT2D eigenvalue weighted by molar-refractivity contribution is -0.0500. The molecule has 0 aromatic rings. The average molecular weight is 133 g/mol. The quantitative estimate of drug-likeness (QED) is 0.475. The monoisotopic (exact) mass is 133 g/mol. The van der Waals surface area contributed by atoms with Crippen molar-refractivity contribution in [2.24, 2.45) is 5.90 Å². The second-order valence-corrected chi connectivity index (χ2v) is 2.34. The van der Waals surface area contributed by atoms with Gasteiger partial charge in [-0.15, -0.1) is 0 Å². The van der Waals surface area contributed by atoms with Crippen molar-refractivity contribution in [2.45, 2.75) is 12.0 Å². The van der Waals surface area contributed by atoms with Crippen LogP contribution in [-0.4, -0.2) is 30.5 Å². The van der Waals surface area contributed by atoms with Crippen LogP contribution in [-0.2, 0) is 9.57 Å². The molecule has 0 aromatic carbocycles. The summed E-state index contributed by atoms with van der Waals surface area (Å²) in [4.78, 5) is 4.30. The lowest BCUT2D eigenvalue weighted by Crippen LogP contribution is -2.35. The van der Waals surface area contributed by atoms with Gasteiger partial charge in [0.15, 0.2) is 0 Å². The Balaban J connectivity index is 2.32. The first-order valence-corrected chi connectivity index (χ1v) is 2.89. The molecule has 1 aliphatic heterocycles. The van der Waals surface area contributed by atoms with Crippen LogP contribution in [0.3, 0.4) is 0 Å². The van der Waals surface area contributed by atoms with Crippen LogP contribution in [0, 0.1) is 0 Å². The molecule has 1 atom stereocenters. The third-order valence-corrected chi connectivity index (χ3v) is 1.43. The van der Waals surface area contributed by atoms with Crippen LogP contribution >= 0.6 is 0 Å². The van der Waals surface area contributed by atoms with E-state index in [-0.39, 0.29) is 6.61 Å². The Labute approximate surface area is 53.5 Å². The van der Waals surface area contributed by atoms with Crippen molar-refractivity contribution in [1.29, 1.82) is 0 Å². The van der Waals surface area contributed by atoms with Gasteiger partial charge in [0.1, 0.15) is 5.60 Å². The number of hydrogen-bond donors (Lipinski definition) is 2. The molecule has 1 saturated heterocycles. The maximum absolute atomic E-state index is 9.36. The topological polar surface area (TPSA) is 64.7 Å². The smallest absolute Gasteiger partial charge is 0.115 e. The minimum Gasteiger partial charge on any atom is -0.385 e. The molecule has 1 heterocycles. The Kier molecular flexibility index (Phi) is 2.02. The van der Waals surface area contributed by atoms with E-state index in [0.717, 1.165) is 0 Å². The zero-order valence-electron chi connectivity index (χ0n) is 5.17. The normalized spacial score (nSPS) is 35.3. The predicted molar refractivity (Wildman–Crippen MR) is 30.5 cm³/mol. The number of ether oxygens (including phenoxy) is 1. The molecule has 0 saturated carbocycles. The summed E-state index contributed by atoms with van der Waals surface area (Å²) >= 11 is 0. The lowest BCUT2D eigenvalue weighted by atomic mass is 10.1. The molecule has 0 aromatic heterocycles. The van der Waals surface area contributed by atoms with E-state index in [1.807, 2.05) is 0 Å². The highest BCUT2D eigenvalue weighted by molar-refractivity contribution is 4.81. The lowest BCUT2D eigenvalue weighted by Gasteiger charge is -2.17. The summed E-state index contributed by atoms with van der Waals surface area (Å²) in [5.41, 5.74) is -0.825. The van der Waals surface area contributed by atoms with Gasteiger partial charge in [0.2, 0.25) is 0 Å². The molecule has 0 aliphatic carbocycles. The van der Waals surface area contributed by atoms with Crippen LogP contribution in [0.2, 0.25) is 0 Å². The molecule has 4 heteroatoms. The van der Waals surface area contributed by atoms with Gasteiger partial charge in [-0.3, -0.25) is 0 Å². The van der Waals surface area contributed by atoms with Crippen molar-refractivity contribution >= 4 is 0 Å². The summed E-state index contributed by atoms with van der Waals surface area (Å²) < 4.78 is 4.93. The van der Waals surface area contributed by atoms with Gasteiger partial charge in [-0.25, -0.2) is 5.90 Å². The Morgan fingerprint density at radius 2 is 2.56 bits per heavy atom. The zero-order chi connectivity index (χ0) is 6.74. The summed E-state index contributed by atoms with van der Waals surface area (Å²) in [6.45, 7) is 1.09. The van der Waals surface area contributed by atoms with Crippen molar-refractivity contribution in [3.8, 4) is 0 Å². The molecule has 0 spiro atoms. The second kappa shape index (κ2) is 2.62. The molecule has 1 aliphatic rings. The fraction of sp³-hybridized carbons (Fsp3) is 1.00. The summed E-state index contributed by atoms with van der Waals surface area (Å²) in [6.07, 6.45) is 0.615. The summed E-state index contributed by atoms with van der Waals surface area (Å²) in [7, 11) is 0. The highest BCUT2D eigenvalue weighted by Gasteiger charge is 2.32. The van der Waals surface area contributed by atoms with Crippen LogP contribution < -0.4 is 5.90 Å². The van der Waals surface area contributed by atoms with Gasteiger partial charge in [-0.05, 0) is 0 Å². The third kappa shape index (κ3) is 1.62. The predicted octanol–water partition coefficient (Wildman–Crippen LogP) is -0.972. The Morgan fingerprint density at radius 3 is 3.00 bits per heavy atom. The maximum atomic E-state index is 9.36. The van der Waals surface area contributed by atoms with Crippen LogP contribution in [0.4, 0.5) is 0 Å². The molecule has 1 rings (SSSR count). The molecule has 0 amide bonds. The van der Waals surface area contributed by atoms with Crippen molar-refractivity contribution in [2.75, 3.05) is 19.8 Å². The fourth-order valence-electron chi connectivity index (χ4n) is 0.865. The highest BCUT2D eigenvalue weighted by atomic mass is 16.6. The summed E-state index contributed by atoms with van der Waals surface area (Å²) in [5.74, 6) is 4.78. The van der Waals surface area contributed by atoms with Gasteiger partial charge in [0.05, 0.1) is 13.2 Å². The number of hydrogen-bond acceptors (Lipinski definition) is 4. The minimum atomic E-state index is -0.825. The number of rotatable bonds is 2. The van der Waals surface area contributed by atoms with Crippen molar-refractivity contribution < 1.29 is 14.7 Å². The van der Waals surface area contributed by atoms with Crippen LogP contribution in [0.25, 0.3) is 0 Å². The zero-order valence-corrected chi connectivity index (χ0v) is 5.17. The van der Waals surface area contributed by atoms with Crippen LogP contribution in [0.15, 0.2) is 0 Å². The van der Waals surface area contributed by atoms with Gasteiger partial charge in [0.25, 0.3) is 0 Å². The largest absolute Gasteiger partial charge is 0.385 e. The van der Waals surface area contributed by atoms with Gasteiger partial charge < -0.3 is 14.7 Å². The van der Waals surface area contributed by atoms with Crippen LogP contribution in [0.1, 0.15) is 6.42 Å². The van der Waals surface area contributed by atoms with Gasteiger partial charge >= 0.3 is 0 Å². The van der Waals surface area contributed by atoms with E-state index < -0.39 is 5.60 Å². The molecule has 54 valence electrons. The van der Waals surface area contributed by atoms with E-state index in [2.05, 4.69) is 4.84 Å². The van der Waals surface area contributed by atoms with E-state index in [1.54, 1.807) is 0 Å². The van der Waals surface area contributed by atoms with E-state index in [1.165, 1.54) is 0 Å². The third-order valence-electron chi connectivity index (χ3n) is 1.43. The molecule has 0 bridgehead atoms.